The van der Waals surface area contributed by atoms with Gasteiger partial charge in [0.1, 0.15) is 5.82 Å². The molecule has 1 atom stereocenters. The van der Waals surface area contributed by atoms with E-state index >= 15 is 0 Å². The van der Waals surface area contributed by atoms with Crippen LogP contribution < -0.4 is 0 Å². The average molecular weight is 340 g/mol. The quantitative estimate of drug-likeness (QED) is 0.870. The lowest BCUT2D eigenvalue weighted by molar-refractivity contribution is -0.127. The molecule has 25 heavy (non-hydrogen) atoms. The van der Waals surface area contributed by atoms with E-state index in [1.54, 1.807) is 41.6 Å². The molecule has 1 unspecified atom stereocenters. The Morgan fingerprint density at radius 3 is 2.60 bits per heavy atom. The Balaban J connectivity index is 1.53. The maximum Gasteiger partial charge on any atom is 0.246 e. The van der Waals surface area contributed by atoms with Crippen LogP contribution in [0.2, 0.25) is 0 Å². The second kappa shape index (κ2) is 8.03. The van der Waals surface area contributed by atoms with Crippen molar-refractivity contribution in [3.63, 3.8) is 0 Å². The van der Waals surface area contributed by atoms with Crippen molar-refractivity contribution < 1.29 is 14.3 Å². The van der Waals surface area contributed by atoms with Crippen molar-refractivity contribution in [1.82, 2.24) is 9.88 Å². The summed E-state index contributed by atoms with van der Waals surface area (Å²) < 4.78 is 13.0. The minimum absolute atomic E-state index is 0.0291. The standard InChI is InChI=1S/C20H21FN2O2/c21-18-6-4-16(5-7-18)20(25)17-9-12-23(13-10-17)19(24)8-3-15-2-1-11-22-14-15/h1-8,11,14,17,20,25H,9-10,12-13H2. The lowest BCUT2D eigenvalue weighted by atomic mass is 9.87. The van der Waals surface area contributed by atoms with Gasteiger partial charge in [0.25, 0.3) is 0 Å². The fourth-order valence-corrected chi connectivity index (χ4v) is 3.12. The first-order valence-electron chi connectivity index (χ1n) is 8.44. The zero-order valence-corrected chi connectivity index (χ0v) is 13.9. The molecule has 0 spiro atoms. The molecule has 2 aromatic rings. The normalized spacial score (nSPS) is 17.0. The van der Waals surface area contributed by atoms with Crippen molar-refractivity contribution in [2.24, 2.45) is 5.92 Å². The number of aliphatic hydroxyl groups is 1. The number of rotatable bonds is 4. The van der Waals surface area contributed by atoms with Gasteiger partial charge >= 0.3 is 0 Å². The lowest BCUT2D eigenvalue weighted by Crippen LogP contribution is -2.38. The van der Waals surface area contributed by atoms with Gasteiger partial charge in [0.05, 0.1) is 6.10 Å². The number of pyridine rings is 1. The highest BCUT2D eigenvalue weighted by atomic mass is 19.1. The molecule has 0 bridgehead atoms. The summed E-state index contributed by atoms with van der Waals surface area (Å²) in [5.74, 6) is -0.257. The first-order valence-corrected chi connectivity index (χ1v) is 8.44. The molecule has 1 N–H and O–H groups in total. The molecule has 0 radical (unpaired) electrons. The Labute approximate surface area is 146 Å². The summed E-state index contributed by atoms with van der Waals surface area (Å²) in [6.07, 6.45) is 7.55. The molecule has 3 rings (SSSR count). The zero-order valence-electron chi connectivity index (χ0n) is 13.9. The molecule has 5 heteroatoms. The largest absolute Gasteiger partial charge is 0.388 e. The van der Waals surface area contributed by atoms with Crippen LogP contribution in [0.5, 0.6) is 0 Å². The van der Waals surface area contributed by atoms with Crippen molar-refractivity contribution in [2.75, 3.05) is 13.1 Å². The number of hydrogen-bond donors (Lipinski definition) is 1. The first kappa shape index (κ1) is 17.3. The van der Waals surface area contributed by atoms with E-state index in [2.05, 4.69) is 4.98 Å². The van der Waals surface area contributed by atoms with E-state index in [4.69, 9.17) is 0 Å². The number of halogens is 1. The number of nitrogens with zero attached hydrogens (tertiary/aromatic N) is 2. The minimum Gasteiger partial charge on any atom is -0.388 e. The first-order chi connectivity index (χ1) is 12.1. The summed E-state index contributed by atoms with van der Waals surface area (Å²) >= 11 is 0. The fourth-order valence-electron chi connectivity index (χ4n) is 3.12. The van der Waals surface area contributed by atoms with Gasteiger partial charge in [-0.1, -0.05) is 18.2 Å². The maximum absolute atomic E-state index is 13.0. The lowest BCUT2D eigenvalue weighted by Gasteiger charge is -2.34. The molecular formula is C20H21FN2O2. The van der Waals surface area contributed by atoms with Crippen molar-refractivity contribution in [3.05, 3.63) is 71.8 Å². The highest BCUT2D eigenvalue weighted by Gasteiger charge is 2.27. The van der Waals surface area contributed by atoms with E-state index < -0.39 is 6.10 Å². The van der Waals surface area contributed by atoms with Crippen LogP contribution in [-0.2, 0) is 4.79 Å². The molecule has 4 nitrogen and oxygen atoms in total. The Hall–Kier alpha value is -2.53. The smallest absolute Gasteiger partial charge is 0.246 e. The zero-order chi connectivity index (χ0) is 17.6. The van der Waals surface area contributed by atoms with E-state index in [1.807, 2.05) is 12.1 Å². The number of benzene rings is 1. The molecule has 1 aromatic carbocycles. The number of amides is 1. The predicted octanol–water partition coefficient (Wildman–Crippen LogP) is 3.21. The molecule has 1 amide bonds. The van der Waals surface area contributed by atoms with Crippen molar-refractivity contribution in [3.8, 4) is 0 Å². The SMILES string of the molecule is O=C(C=Cc1cccnc1)N1CCC(C(O)c2ccc(F)cc2)CC1. The van der Waals surface area contributed by atoms with Crippen LogP contribution in [0.3, 0.4) is 0 Å². The number of carbonyl (C=O) groups is 1. The van der Waals surface area contributed by atoms with Crippen LogP contribution in [-0.4, -0.2) is 34.0 Å². The summed E-state index contributed by atoms with van der Waals surface area (Å²) in [4.78, 5) is 18.1. The van der Waals surface area contributed by atoms with Crippen LogP contribution in [0.1, 0.15) is 30.1 Å². The minimum atomic E-state index is -0.621. The molecule has 1 aromatic heterocycles. The summed E-state index contributed by atoms with van der Waals surface area (Å²) in [7, 11) is 0. The van der Waals surface area contributed by atoms with Gasteiger partial charge in [0.15, 0.2) is 0 Å². The van der Waals surface area contributed by atoms with Gasteiger partial charge in [-0.05, 0) is 54.2 Å². The average Bonchev–Trinajstić information content (AvgIpc) is 2.67. The van der Waals surface area contributed by atoms with Crippen molar-refractivity contribution >= 4 is 12.0 Å². The summed E-state index contributed by atoms with van der Waals surface area (Å²) in [6, 6.07) is 9.68. The number of hydrogen-bond acceptors (Lipinski definition) is 3. The van der Waals surface area contributed by atoms with Crippen molar-refractivity contribution in [1.29, 1.82) is 0 Å². The number of aliphatic hydroxyl groups excluding tert-OH is 1. The van der Waals surface area contributed by atoms with Gasteiger partial charge in [-0.25, -0.2) is 4.39 Å². The third-order valence-electron chi connectivity index (χ3n) is 4.61. The highest BCUT2D eigenvalue weighted by molar-refractivity contribution is 5.91. The molecular weight excluding hydrogens is 319 g/mol. The number of likely N-dealkylation sites (tertiary alicyclic amines) is 1. The fraction of sp³-hybridized carbons (Fsp3) is 0.300. The van der Waals surface area contributed by atoms with Crippen LogP contribution in [0.4, 0.5) is 4.39 Å². The van der Waals surface area contributed by atoms with Crippen LogP contribution in [0.25, 0.3) is 6.08 Å². The molecule has 1 aliphatic heterocycles. The molecule has 130 valence electrons. The molecule has 0 saturated carbocycles. The van der Waals surface area contributed by atoms with Gasteiger partial charge in [-0.2, -0.15) is 0 Å². The summed E-state index contributed by atoms with van der Waals surface area (Å²) in [5.41, 5.74) is 1.61. The second-order valence-electron chi connectivity index (χ2n) is 6.28. The third-order valence-corrected chi connectivity index (χ3v) is 4.61. The van der Waals surface area contributed by atoms with Gasteiger partial charge in [-0.3, -0.25) is 9.78 Å². The number of carbonyl (C=O) groups excluding carboxylic acids is 1. The van der Waals surface area contributed by atoms with Crippen LogP contribution in [0.15, 0.2) is 54.9 Å². The Bertz CT molecular complexity index is 723. The van der Waals surface area contributed by atoms with Crippen molar-refractivity contribution in [2.45, 2.75) is 18.9 Å². The predicted molar refractivity (Wildman–Crippen MR) is 93.9 cm³/mol. The van der Waals surface area contributed by atoms with E-state index in [1.165, 1.54) is 12.1 Å². The molecule has 1 aliphatic rings. The molecule has 1 fully saturated rings. The Morgan fingerprint density at radius 1 is 1.24 bits per heavy atom. The maximum atomic E-state index is 13.0. The van der Waals surface area contributed by atoms with E-state index in [9.17, 15) is 14.3 Å². The summed E-state index contributed by atoms with van der Waals surface area (Å²) in [5, 5.41) is 10.5. The van der Waals surface area contributed by atoms with Gasteiger partial charge < -0.3 is 10.0 Å². The monoisotopic (exact) mass is 340 g/mol. The van der Waals surface area contributed by atoms with E-state index in [0.29, 0.717) is 13.1 Å². The Morgan fingerprint density at radius 2 is 1.96 bits per heavy atom. The van der Waals surface area contributed by atoms with E-state index in [-0.39, 0.29) is 17.6 Å². The molecule has 0 aliphatic carbocycles. The van der Waals surface area contributed by atoms with Gasteiger partial charge in [0.2, 0.25) is 5.91 Å². The number of aromatic nitrogens is 1. The highest BCUT2D eigenvalue weighted by Crippen LogP contribution is 2.30. The van der Waals surface area contributed by atoms with Gasteiger partial charge in [-0.15, -0.1) is 0 Å². The Kier molecular flexibility index (Phi) is 5.56. The molecule has 2 heterocycles. The topological polar surface area (TPSA) is 53.4 Å². The number of piperidine rings is 1. The second-order valence-corrected chi connectivity index (χ2v) is 6.28. The summed E-state index contributed by atoms with van der Waals surface area (Å²) in [6.45, 7) is 1.22. The van der Waals surface area contributed by atoms with E-state index in [0.717, 1.165) is 24.0 Å². The molecule has 1 saturated heterocycles. The third kappa shape index (κ3) is 4.51. The van der Waals surface area contributed by atoms with Gasteiger partial charge in [0, 0.05) is 31.6 Å². The van der Waals surface area contributed by atoms with Crippen LogP contribution >= 0.6 is 0 Å². The van der Waals surface area contributed by atoms with Crippen LogP contribution in [0, 0.1) is 11.7 Å².